The molecule has 0 aromatic carbocycles. The van der Waals surface area contributed by atoms with Crippen LogP contribution in [-0.4, -0.2) is 0 Å². The first-order valence-electron chi connectivity index (χ1n) is 3.13. The first-order valence-corrected chi connectivity index (χ1v) is 3.13. The minimum absolute atomic E-state index is 1.11. The van der Waals surface area contributed by atoms with Gasteiger partial charge in [0.05, 0.1) is 0 Å². The third kappa shape index (κ3) is 1.97. The topological polar surface area (TPSA) is 0 Å². The van der Waals surface area contributed by atoms with E-state index in [1.807, 2.05) is 0 Å². The summed E-state index contributed by atoms with van der Waals surface area (Å²) in [5.41, 5.74) is 0. The molecule has 0 spiro atoms. The largest absolute Gasteiger partial charge is 0.0882 e. The van der Waals surface area contributed by atoms with Crippen molar-refractivity contribution in [2.45, 2.75) is 19.3 Å². The van der Waals surface area contributed by atoms with E-state index in [4.69, 9.17) is 0 Å². The van der Waals surface area contributed by atoms with Crippen LogP contribution in [0.2, 0.25) is 0 Å². The van der Waals surface area contributed by atoms with Crippen molar-refractivity contribution in [3.05, 3.63) is 30.7 Å². The fraction of sp³-hybridized carbons (Fsp3) is 0.375. The van der Waals surface area contributed by atoms with Crippen molar-refractivity contribution in [2.24, 2.45) is 0 Å². The Bertz CT molecular complexity index is 72.6. The molecular weight excluding hydrogens is 96.1 g/mol. The van der Waals surface area contributed by atoms with Gasteiger partial charge in [0, 0.05) is 0 Å². The molecule has 43 valence electrons. The van der Waals surface area contributed by atoms with E-state index >= 15 is 0 Å². The van der Waals surface area contributed by atoms with E-state index in [1.54, 1.807) is 0 Å². The Balaban J connectivity index is 2.29. The summed E-state index contributed by atoms with van der Waals surface area (Å²) in [7, 11) is 0. The van der Waals surface area contributed by atoms with E-state index in [9.17, 15) is 0 Å². The van der Waals surface area contributed by atoms with Gasteiger partial charge in [0.25, 0.3) is 0 Å². The Labute approximate surface area is 50.9 Å². The second-order valence-corrected chi connectivity index (χ2v) is 1.95. The predicted octanol–water partition coefficient (Wildman–Crippen LogP) is 2.49. The van der Waals surface area contributed by atoms with Gasteiger partial charge in [-0.2, -0.15) is 0 Å². The molecule has 0 heteroatoms. The summed E-state index contributed by atoms with van der Waals surface area (Å²) in [6.45, 7) is 0. The van der Waals surface area contributed by atoms with Gasteiger partial charge >= 0.3 is 0 Å². The molecule has 1 aliphatic rings. The van der Waals surface area contributed by atoms with E-state index in [-0.39, 0.29) is 0 Å². The molecule has 0 aromatic rings. The highest BCUT2D eigenvalue weighted by atomic mass is 13.9. The second-order valence-electron chi connectivity index (χ2n) is 1.95. The van der Waals surface area contributed by atoms with E-state index in [2.05, 4.69) is 30.7 Å². The highest BCUT2D eigenvalue weighted by molar-refractivity contribution is 5.03. The molecule has 0 saturated heterocycles. The first-order chi connectivity index (χ1) is 4.00. The summed E-state index contributed by atoms with van der Waals surface area (Å²) in [4.78, 5) is 0. The zero-order valence-corrected chi connectivity index (χ0v) is 5.01. The first kappa shape index (κ1) is 5.61. The van der Waals surface area contributed by atoms with Crippen molar-refractivity contribution in [1.82, 2.24) is 0 Å². The van der Waals surface area contributed by atoms with Crippen LogP contribution < -0.4 is 0 Å². The third-order valence-corrected chi connectivity index (χ3v) is 1.21. The molecule has 0 N–H and O–H groups in total. The summed E-state index contributed by atoms with van der Waals surface area (Å²) in [6, 6.07) is 0. The van der Waals surface area contributed by atoms with Crippen LogP contribution in [0.25, 0.3) is 0 Å². The Kier molecular flexibility index (Phi) is 2.44. The van der Waals surface area contributed by atoms with Gasteiger partial charge in [-0.3, -0.25) is 0 Å². The SMILES string of the molecule is [CH]1C=CCCC=CC1. The molecule has 0 atom stereocenters. The van der Waals surface area contributed by atoms with Gasteiger partial charge in [-0.15, -0.1) is 0 Å². The van der Waals surface area contributed by atoms with Crippen LogP contribution in [-0.2, 0) is 0 Å². The lowest BCUT2D eigenvalue weighted by molar-refractivity contribution is 1.02. The second kappa shape index (κ2) is 3.48. The van der Waals surface area contributed by atoms with Gasteiger partial charge < -0.3 is 0 Å². The minimum atomic E-state index is 1.11. The monoisotopic (exact) mass is 107 g/mol. The normalized spacial score (nSPS) is 20.0. The molecular formula is C8H11. The van der Waals surface area contributed by atoms with Crippen LogP contribution in [0.3, 0.4) is 0 Å². The maximum Gasteiger partial charge on any atom is -0.0133 e. The lowest BCUT2D eigenvalue weighted by Gasteiger charge is -1.92. The standard InChI is InChI=1S/C8H11/c1-2-4-6-8-7-5-3-1/h1-3,6,8H,4-5,7H2. The summed E-state index contributed by atoms with van der Waals surface area (Å²) in [5.74, 6) is 0. The van der Waals surface area contributed by atoms with Crippen molar-refractivity contribution < 1.29 is 0 Å². The number of hydrogen-bond acceptors (Lipinski definition) is 0. The van der Waals surface area contributed by atoms with Crippen LogP contribution in [0.5, 0.6) is 0 Å². The molecule has 0 fully saturated rings. The maximum absolute atomic E-state index is 2.24. The van der Waals surface area contributed by atoms with E-state index in [1.165, 1.54) is 12.8 Å². The Morgan fingerprint density at radius 3 is 2.75 bits per heavy atom. The van der Waals surface area contributed by atoms with Crippen LogP contribution >= 0.6 is 0 Å². The molecule has 0 aromatic heterocycles. The average Bonchev–Trinajstić information content (AvgIpc) is 1.62. The molecule has 1 rings (SSSR count). The number of hydrogen-bond donors (Lipinski definition) is 0. The zero-order valence-electron chi connectivity index (χ0n) is 5.01. The Hall–Kier alpha value is -0.520. The molecule has 0 amide bonds. The van der Waals surface area contributed by atoms with E-state index in [0.717, 1.165) is 6.42 Å². The lowest BCUT2D eigenvalue weighted by atomic mass is 10.1. The van der Waals surface area contributed by atoms with Crippen LogP contribution in [0.4, 0.5) is 0 Å². The number of rotatable bonds is 0. The van der Waals surface area contributed by atoms with Crippen molar-refractivity contribution >= 4 is 0 Å². The Morgan fingerprint density at radius 2 is 1.75 bits per heavy atom. The van der Waals surface area contributed by atoms with Gasteiger partial charge in [0.15, 0.2) is 0 Å². The molecule has 0 aliphatic heterocycles. The van der Waals surface area contributed by atoms with Gasteiger partial charge in [-0.25, -0.2) is 0 Å². The zero-order chi connectivity index (χ0) is 5.66. The molecule has 8 heavy (non-hydrogen) atoms. The number of allylic oxidation sites excluding steroid dienone is 4. The maximum atomic E-state index is 2.24. The molecule has 0 nitrogen and oxygen atoms in total. The van der Waals surface area contributed by atoms with Gasteiger partial charge in [0.2, 0.25) is 0 Å². The summed E-state index contributed by atoms with van der Waals surface area (Å²) >= 11 is 0. The van der Waals surface area contributed by atoms with Crippen molar-refractivity contribution in [3.63, 3.8) is 0 Å². The van der Waals surface area contributed by atoms with Gasteiger partial charge in [-0.05, 0) is 25.7 Å². The quantitative estimate of drug-likeness (QED) is 0.417. The smallest absolute Gasteiger partial charge is 0.0133 e. The van der Waals surface area contributed by atoms with Crippen molar-refractivity contribution in [2.75, 3.05) is 0 Å². The fourth-order valence-electron chi connectivity index (χ4n) is 0.756. The van der Waals surface area contributed by atoms with Crippen LogP contribution in [0.1, 0.15) is 19.3 Å². The minimum Gasteiger partial charge on any atom is -0.0882 e. The highest BCUT2D eigenvalue weighted by Crippen LogP contribution is 2.01. The Morgan fingerprint density at radius 1 is 0.875 bits per heavy atom. The fourth-order valence-corrected chi connectivity index (χ4v) is 0.756. The molecule has 0 bridgehead atoms. The molecule has 0 heterocycles. The summed E-state index contributed by atoms with van der Waals surface area (Å²) < 4.78 is 0. The molecule has 1 aliphatic carbocycles. The van der Waals surface area contributed by atoms with Crippen molar-refractivity contribution in [1.29, 1.82) is 0 Å². The molecule has 0 saturated carbocycles. The highest BCUT2D eigenvalue weighted by Gasteiger charge is 1.82. The van der Waals surface area contributed by atoms with Crippen molar-refractivity contribution in [3.8, 4) is 0 Å². The van der Waals surface area contributed by atoms with Crippen LogP contribution in [0.15, 0.2) is 24.3 Å². The molecule has 1 radical (unpaired) electrons. The predicted molar refractivity (Wildman–Crippen MR) is 36.4 cm³/mol. The molecule has 0 unspecified atom stereocenters. The van der Waals surface area contributed by atoms with E-state index < -0.39 is 0 Å². The van der Waals surface area contributed by atoms with Crippen LogP contribution in [0, 0.1) is 6.42 Å². The summed E-state index contributed by atoms with van der Waals surface area (Å²) in [5, 5.41) is 0. The summed E-state index contributed by atoms with van der Waals surface area (Å²) in [6.07, 6.45) is 14.5. The average molecular weight is 107 g/mol. The lowest BCUT2D eigenvalue weighted by Crippen LogP contribution is -1.72. The van der Waals surface area contributed by atoms with Gasteiger partial charge in [0.1, 0.15) is 0 Å². The van der Waals surface area contributed by atoms with E-state index in [0.29, 0.717) is 0 Å². The third-order valence-electron chi connectivity index (χ3n) is 1.21. The van der Waals surface area contributed by atoms with Gasteiger partial charge in [-0.1, -0.05) is 24.3 Å².